The molecule has 3 aromatic rings. The van der Waals surface area contributed by atoms with E-state index in [9.17, 15) is 5.11 Å². The number of anilines is 1. The molecule has 0 fully saturated rings. The lowest BCUT2D eigenvalue weighted by Gasteiger charge is -2.05. The van der Waals surface area contributed by atoms with Crippen molar-refractivity contribution in [1.82, 2.24) is 15.4 Å². The molecule has 3 rings (SSSR count). The van der Waals surface area contributed by atoms with Crippen LogP contribution in [0.15, 0.2) is 54.6 Å². The van der Waals surface area contributed by atoms with E-state index < -0.39 is 0 Å². The quantitative estimate of drug-likeness (QED) is 0.635. The molecule has 100 valence electrons. The number of H-pyrrole nitrogens is 1. The Bertz CT molecular complexity index is 677. The molecule has 20 heavy (non-hydrogen) atoms. The number of hydrogen-bond acceptors (Lipinski definition) is 4. The number of hydrogen-bond donors (Lipinski definition) is 3. The summed E-state index contributed by atoms with van der Waals surface area (Å²) >= 11 is 0. The summed E-state index contributed by atoms with van der Waals surface area (Å²) in [7, 11) is 0. The highest BCUT2D eigenvalue weighted by molar-refractivity contribution is 5.61. The Morgan fingerprint density at radius 3 is 2.45 bits per heavy atom. The smallest absolute Gasteiger partial charge is 0.117 e. The first-order valence-corrected chi connectivity index (χ1v) is 6.31. The van der Waals surface area contributed by atoms with E-state index in [2.05, 4.69) is 20.7 Å². The van der Waals surface area contributed by atoms with E-state index >= 15 is 0 Å². The van der Waals surface area contributed by atoms with Gasteiger partial charge in [-0.25, -0.2) is 0 Å². The molecule has 3 N–H and O–H groups in total. The van der Waals surface area contributed by atoms with Gasteiger partial charge >= 0.3 is 0 Å². The molecular weight excluding hydrogens is 252 g/mol. The van der Waals surface area contributed by atoms with Crippen LogP contribution >= 0.6 is 0 Å². The second-order valence-electron chi connectivity index (χ2n) is 4.39. The molecule has 0 spiro atoms. The molecule has 0 saturated carbocycles. The highest BCUT2D eigenvalue weighted by Crippen LogP contribution is 2.20. The van der Waals surface area contributed by atoms with E-state index in [0.29, 0.717) is 6.54 Å². The number of aromatic hydroxyl groups is 1. The fourth-order valence-corrected chi connectivity index (χ4v) is 1.97. The fourth-order valence-electron chi connectivity index (χ4n) is 1.97. The third kappa shape index (κ3) is 2.61. The third-order valence-corrected chi connectivity index (χ3v) is 2.99. The van der Waals surface area contributed by atoms with Gasteiger partial charge in [0.2, 0.25) is 0 Å². The van der Waals surface area contributed by atoms with E-state index in [4.69, 9.17) is 0 Å². The third-order valence-electron chi connectivity index (χ3n) is 2.99. The molecule has 0 amide bonds. The molecule has 0 atom stereocenters. The van der Waals surface area contributed by atoms with Crippen LogP contribution in [0.5, 0.6) is 5.75 Å². The number of phenolic OH excluding ortho intramolecular Hbond substituents is 1. The van der Waals surface area contributed by atoms with Crippen LogP contribution in [0.3, 0.4) is 0 Å². The van der Waals surface area contributed by atoms with Crippen LogP contribution in [0, 0.1) is 0 Å². The Labute approximate surface area is 116 Å². The van der Waals surface area contributed by atoms with E-state index in [1.54, 1.807) is 12.1 Å². The second kappa shape index (κ2) is 5.44. The monoisotopic (exact) mass is 266 g/mol. The molecule has 0 bridgehead atoms. The Kier molecular flexibility index (Phi) is 3.33. The number of aromatic nitrogens is 3. The fraction of sp³-hybridized carbons (Fsp3) is 0.0667. The van der Waals surface area contributed by atoms with Crippen molar-refractivity contribution in [2.75, 3.05) is 5.32 Å². The predicted octanol–water partition coefficient (Wildman–Crippen LogP) is 2.79. The van der Waals surface area contributed by atoms with Gasteiger partial charge in [-0.1, -0.05) is 30.3 Å². The van der Waals surface area contributed by atoms with Crippen molar-refractivity contribution in [3.05, 3.63) is 60.3 Å². The van der Waals surface area contributed by atoms with Gasteiger partial charge in [-0.15, -0.1) is 0 Å². The highest BCUT2D eigenvalue weighted by Gasteiger charge is 2.09. The number of phenols is 1. The largest absolute Gasteiger partial charge is 0.508 e. The summed E-state index contributed by atoms with van der Waals surface area (Å²) in [5.74, 6) is 0.252. The zero-order valence-electron chi connectivity index (χ0n) is 10.7. The van der Waals surface area contributed by atoms with Gasteiger partial charge < -0.3 is 10.4 Å². The van der Waals surface area contributed by atoms with Gasteiger partial charge in [0.05, 0.1) is 6.54 Å². The molecule has 1 heterocycles. The molecule has 0 saturated heterocycles. The standard InChI is InChI=1S/C15H14N4O/c20-13-8-6-12(7-9-13)16-10-14-15(18-19-17-14)11-4-2-1-3-5-11/h1-9,16,20H,10H2,(H,17,18,19). The summed E-state index contributed by atoms with van der Waals surface area (Å²) in [6, 6.07) is 16.8. The van der Waals surface area contributed by atoms with Gasteiger partial charge in [0.25, 0.3) is 0 Å². The summed E-state index contributed by atoms with van der Waals surface area (Å²) in [5.41, 5.74) is 3.65. The number of benzene rings is 2. The maximum atomic E-state index is 9.25. The van der Waals surface area contributed by atoms with Gasteiger partial charge in [-0.3, -0.25) is 0 Å². The van der Waals surface area contributed by atoms with Crippen LogP contribution in [0.25, 0.3) is 11.3 Å². The summed E-state index contributed by atoms with van der Waals surface area (Å²) < 4.78 is 0. The van der Waals surface area contributed by atoms with Crippen LogP contribution in [0.2, 0.25) is 0 Å². The van der Waals surface area contributed by atoms with Crippen molar-refractivity contribution < 1.29 is 5.11 Å². The van der Waals surface area contributed by atoms with Crippen LogP contribution in [-0.4, -0.2) is 20.5 Å². The molecule has 0 aliphatic heterocycles. The maximum absolute atomic E-state index is 9.25. The summed E-state index contributed by atoms with van der Waals surface area (Å²) in [6.45, 7) is 0.561. The van der Waals surface area contributed by atoms with Gasteiger partial charge in [-0.2, -0.15) is 15.4 Å². The lowest BCUT2D eigenvalue weighted by atomic mass is 10.1. The average Bonchev–Trinajstić information content (AvgIpc) is 2.96. The SMILES string of the molecule is Oc1ccc(NCc2n[nH]nc2-c2ccccc2)cc1. The van der Waals surface area contributed by atoms with Crippen molar-refractivity contribution in [2.24, 2.45) is 0 Å². The minimum atomic E-state index is 0.252. The van der Waals surface area contributed by atoms with Gasteiger partial charge in [0.1, 0.15) is 17.1 Å². The van der Waals surface area contributed by atoms with Crippen molar-refractivity contribution in [2.45, 2.75) is 6.54 Å². The Hall–Kier alpha value is -2.82. The average molecular weight is 266 g/mol. The minimum absolute atomic E-state index is 0.252. The summed E-state index contributed by atoms with van der Waals surface area (Å²) in [6.07, 6.45) is 0. The molecule has 5 nitrogen and oxygen atoms in total. The molecule has 0 aliphatic carbocycles. The van der Waals surface area contributed by atoms with E-state index in [1.807, 2.05) is 42.5 Å². The molecule has 0 unspecified atom stereocenters. The van der Waals surface area contributed by atoms with Crippen molar-refractivity contribution >= 4 is 5.69 Å². The van der Waals surface area contributed by atoms with Crippen LogP contribution < -0.4 is 5.32 Å². The van der Waals surface area contributed by atoms with Crippen LogP contribution in [0.1, 0.15) is 5.69 Å². The zero-order valence-corrected chi connectivity index (χ0v) is 10.7. The summed E-state index contributed by atoms with van der Waals surface area (Å²) in [5, 5.41) is 23.5. The highest BCUT2D eigenvalue weighted by atomic mass is 16.3. The lowest BCUT2D eigenvalue weighted by Crippen LogP contribution is -2.01. The first kappa shape index (κ1) is 12.2. The summed E-state index contributed by atoms with van der Waals surface area (Å²) in [4.78, 5) is 0. The minimum Gasteiger partial charge on any atom is -0.508 e. The topological polar surface area (TPSA) is 73.8 Å². The zero-order chi connectivity index (χ0) is 13.8. The van der Waals surface area contributed by atoms with Crippen molar-refractivity contribution in [1.29, 1.82) is 0 Å². The molecule has 0 aliphatic rings. The lowest BCUT2D eigenvalue weighted by molar-refractivity contribution is 0.475. The Balaban J connectivity index is 1.76. The molecule has 2 aromatic carbocycles. The van der Waals surface area contributed by atoms with Crippen LogP contribution in [0.4, 0.5) is 5.69 Å². The number of aromatic amines is 1. The van der Waals surface area contributed by atoms with E-state index in [-0.39, 0.29) is 5.75 Å². The first-order valence-electron chi connectivity index (χ1n) is 6.31. The Morgan fingerprint density at radius 1 is 0.950 bits per heavy atom. The number of rotatable bonds is 4. The normalized spacial score (nSPS) is 10.4. The van der Waals surface area contributed by atoms with E-state index in [0.717, 1.165) is 22.6 Å². The van der Waals surface area contributed by atoms with Gasteiger partial charge in [-0.05, 0) is 24.3 Å². The molecule has 0 radical (unpaired) electrons. The number of nitrogens with zero attached hydrogens (tertiary/aromatic N) is 2. The molecule has 5 heteroatoms. The second-order valence-corrected chi connectivity index (χ2v) is 4.39. The van der Waals surface area contributed by atoms with E-state index in [1.165, 1.54) is 0 Å². The predicted molar refractivity (Wildman–Crippen MR) is 77.3 cm³/mol. The van der Waals surface area contributed by atoms with Crippen LogP contribution in [-0.2, 0) is 6.54 Å². The molecular formula is C15H14N4O. The van der Waals surface area contributed by atoms with Gasteiger partial charge in [0.15, 0.2) is 0 Å². The van der Waals surface area contributed by atoms with Crippen molar-refractivity contribution in [3.63, 3.8) is 0 Å². The Morgan fingerprint density at radius 2 is 1.70 bits per heavy atom. The number of nitrogens with one attached hydrogen (secondary N) is 2. The molecule has 1 aromatic heterocycles. The maximum Gasteiger partial charge on any atom is 0.117 e. The first-order chi connectivity index (χ1) is 9.83. The van der Waals surface area contributed by atoms with Gasteiger partial charge in [0, 0.05) is 11.3 Å². The van der Waals surface area contributed by atoms with Crippen molar-refractivity contribution in [3.8, 4) is 17.0 Å².